The predicted octanol–water partition coefficient (Wildman–Crippen LogP) is 7.28. The molecule has 0 aliphatic carbocycles. The van der Waals surface area contributed by atoms with Gasteiger partial charge in [-0.05, 0) is 35.6 Å². The zero-order valence-corrected chi connectivity index (χ0v) is 18.2. The number of hydrogen-bond donors (Lipinski definition) is 0. The Balaban J connectivity index is 2.57. The van der Waals surface area contributed by atoms with E-state index >= 15 is 0 Å². The van der Waals surface area contributed by atoms with E-state index in [0.717, 1.165) is 0 Å². The molecule has 0 fully saturated rings. The van der Waals surface area contributed by atoms with Crippen molar-refractivity contribution in [2.75, 3.05) is 17.3 Å². The number of allylic oxidation sites excluding steroid dienone is 2. The molecule has 0 radical (unpaired) electrons. The molecule has 130 valence electrons. The summed E-state index contributed by atoms with van der Waals surface area (Å²) in [6.45, 7) is 12.0. The summed E-state index contributed by atoms with van der Waals surface area (Å²) in [4.78, 5) is 1.49. The first kappa shape index (κ1) is 20.9. The molecule has 0 aliphatic rings. The third-order valence-corrected chi connectivity index (χ3v) is 7.69. The molecule has 0 N–H and O–H groups in total. The minimum atomic E-state index is -1.08. The highest BCUT2D eigenvalue weighted by atomic mass is 32.2. The van der Waals surface area contributed by atoms with Gasteiger partial charge in [0.25, 0.3) is 0 Å². The molecule has 0 aliphatic heterocycles. The Labute approximate surface area is 153 Å². The van der Waals surface area contributed by atoms with Crippen molar-refractivity contribution < 1.29 is 0 Å². The second kappa shape index (κ2) is 11.4. The Morgan fingerprint density at radius 3 is 2.39 bits per heavy atom. The summed E-state index contributed by atoms with van der Waals surface area (Å²) in [5, 5.41) is 0. The third kappa shape index (κ3) is 10.4. The number of thioether (sulfide) groups is 2. The van der Waals surface area contributed by atoms with Crippen LogP contribution in [0.15, 0.2) is 41.3 Å². The van der Waals surface area contributed by atoms with Crippen molar-refractivity contribution in [1.29, 1.82) is 0 Å². The molecule has 23 heavy (non-hydrogen) atoms. The van der Waals surface area contributed by atoms with Crippen molar-refractivity contribution >= 4 is 31.6 Å². The van der Waals surface area contributed by atoms with E-state index in [1.54, 1.807) is 0 Å². The SMILES string of the molecule is CCCCSCCS/C(C)=C/C(C[Si](C)(C)C)c1ccccc1. The standard InChI is InChI=1S/C20H34S2Si/c1-6-7-13-21-14-15-22-18(2)16-20(17-23(3,4)5)19-11-9-8-10-12-19/h8-12,16,20H,6-7,13-15,17H2,1-5H3/b18-16+. The summed E-state index contributed by atoms with van der Waals surface area (Å²) in [7, 11) is -1.08. The lowest BCUT2D eigenvalue weighted by Gasteiger charge is -2.23. The molecule has 0 bridgehead atoms. The van der Waals surface area contributed by atoms with E-state index in [1.165, 1.54) is 46.6 Å². The zero-order chi connectivity index (χ0) is 17.1. The van der Waals surface area contributed by atoms with Crippen LogP contribution in [-0.4, -0.2) is 25.3 Å². The van der Waals surface area contributed by atoms with Gasteiger partial charge in [0.05, 0.1) is 0 Å². The lowest BCUT2D eigenvalue weighted by Crippen LogP contribution is -2.22. The number of hydrogen-bond acceptors (Lipinski definition) is 2. The molecule has 0 saturated heterocycles. The van der Waals surface area contributed by atoms with Gasteiger partial charge in [0, 0.05) is 25.5 Å². The highest BCUT2D eigenvalue weighted by Gasteiger charge is 2.20. The quantitative estimate of drug-likeness (QED) is 0.298. The van der Waals surface area contributed by atoms with Gasteiger partial charge in [-0.2, -0.15) is 11.8 Å². The molecule has 1 aromatic carbocycles. The van der Waals surface area contributed by atoms with Crippen LogP contribution in [0.5, 0.6) is 0 Å². The summed E-state index contributed by atoms with van der Waals surface area (Å²) in [5.41, 5.74) is 1.48. The van der Waals surface area contributed by atoms with Gasteiger partial charge in [-0.15, -0.1) is 11.8 Å². The summed E-state index contributed by atoms with van der Waals surface area (Å²) < 4.78 is 0. The second-order valence-corrected chi connectivity index (χ2v) is 15.5. The molecule has 0 heterocycles. The molecule has 1 aromatic rings. The van der Waals surface area contributed by atoms with Gasteiger partial charge >= 0.3 is 0 Å². The van der Waals surface area contributed by atoms with Gasteiger partial charge in [-0.1, -0.05) is 69.4 Å². The van der Waals surface area contributed by atoms with E-state index in [0.29, 0.717) is 5.92 Å². The summed E-state index contributed by atoms with van der Waals surface area (Å²) in [6, 6.07) is 12.4. The minimum absolute atomic E-state index is 0.586. The van der Waals surface area contributed by atoms with Crippen LogP contribution in [0.4, 0.5) is 0 Å². The Morgan fingerprint density at radius 2 is 1.78 bits per heavy atom. The van der Waals surface area contributed by atoms with Gasteiger partial charge in [-0.3, -0.25) is 0 Å². The van der Waals surface area contributed by atoms with Crippen molar-refractivity contribution in [1.82, 2.24) is 0 Å². The van der Waals surface area contributed by atoms with Crippen LogP contribution in [0.1, 0.15) is 38.2 Å². The molecule has 0 saturated carbocycles. The molecule has 0 aromatic heterocycles. The fourth-order valence-electron chi connectivity index (χ4n) is 2.57. The highest BCUT2D eigenvalue weighted by molar-refractivity contribution is 8.05. The van der Waals surface area contributed by atoms with Crippen molar-refractivity contribution in [3.05, 3.63) is 46.9 Å². The normalized spacial score (nSPS) is 14.0. The van der Waals surface area contributed by atoms with Crippen molar-refractivity contribution in [3.8, 4) is 0 Å². The molecule has 1 rings (SSSR count). The van der Waals surface area contributed by atoms with Crippen molar-refractivity contribution in [3.63, 3.8) is 0 Å². The van der Waals surface area contributed by atoms with E-state index in [-0.39, 0.29) is 0 Å². The maximum Gasteiger partial charge on any atom is 0.0451 e. The largest absolute Gasteiger partial charge is 0.161 e. The molecule has 0 nitrogen and oxygen atoms in total. The molecule has 1 atom stereocenters. The zero-order valence-electron chi connectivity index (χ0n) is 15.6. The van der Waals surface area contributed by atoms with Gasteiger partial charge < -0.3 is 0 Å². The highest BCUT2D eigenvalue weighted by Crippen LogP contribution is 2.31. The smallest absolute Gasteiger partial charge is 0.0451 e. The molecular formula is C20H34S2Si. The maximum atomic E-state index is 2.52. The summed E-state index contributed by atoms with van der Waals surface area (Å²) in [6.07, 6.45) is 5.19. The third-order valence-electron chi connectivity index (χ3n) is 3.70. The van der Waals surface area contributed by atoms with E-state index in [2.05, 4.69) is 81.7 Å². The van der Waals surface area contributed by atoms with Crippen LogP contribution in [0.3, 0.4) is 0 Å². The Bertz CT molecular complexity index is 448. The van der Waals surface area contributed by atoms with Crippen LogP contribution in [0.2, 0.25) is 25.7 Å². The van der Waals surface area contributed by atoms with E-state index < -0.39 is 8.07 Å². The summed E-state index contributed by atoms with van der Waals surface area (Å²) >= 11 is 4.14. The molecule has 3 heteroatoms. The van der Waals surface area contributed by atoms with Crippen LogP contribution >= 0.6 is 23.5 Å². The fraction of sp³-hybridized carbons (Fsp3) is 0.600. The van der Waals surface area contributed by atoms with E-state index in [9.17, 15) is 0 Å². The number of rotatable bonds is 11. The second-order valence-electron chi connectivity index (χ2n) is 7.37. The molecule has 0 amide bonds. The topological polar surface area (TPSA) is 0 Å². The lowest BCUT2D eigenvalue weighted by atomic mass is 10.0. The first-order valence-electron chi connectivity index (χ1n) is 8.86. The average molecular weight is 367 g/mol. The number of unbranched alkanes of at least 4 members (excludes halogenated alkanes) is 1. The Kier molecular flexibility index (Phi) is 10.4. The van der Waals surface area contributed by atoms with Gasteiger partial charge in [-0.25, -0.2) is 0 Å². The van der Waals surface area contributed by atoms with Crippen LogP contribution in [0.25, 0.3) is 0 Å². The summed E-state index contributed by atoms with van der Waals surface area (Å²) in [5.74, 6) is 4.43. The Hall–Kier alpha value is -0.123. The first-order valence-corrected chi connectivity index (χ1v) is 14.7. The van der Waals surface area contributed by atoms with Crippen LogP contribution in [-0.2, 0) is 0 Å². The van der Waals surface area contributed by atoms with E-state index in [4.69, 9.17) is 0 Å². The lowest BCUT2D eigenvalue weighted by molar-refractivity contribution is 0.896. The molecular weight excluding hydrogens is 332 g/mol. The minimum Gasteiger partial charge on any atom is -0.161 e. The van der Waals surface area contributed by atoms with E-state index in [1.807, 2.05) is 11.8 Å². The van der Waals surface area contributed by atoms with Gasteiger partial charge in [0.1, 0.15) is 0 Å². The monoisotopic (exact) mass is 366 g/mol. The van der Waals surface area contributed by atoms with Crippen LogP contribution in [0, 0.1) is 0 Å². The predicted molar refractivity (Wildman–Crippen MR) is 116 cm³/mol. The fourth-order valence-corrected chi connectivity index (χ4v) is 6.33. The number of benzene rings is 1. The van der Waals surface area contributed by atoms with Crippen LogP contribution < -0.4 is 0 Å². The average Bonchev–Trinajstić information content (AvgIpc) is 2.49. The first-order chi connectivity index (χ1) is 10.9. The maximum absolute atomic E-state index is 2.52. The van der Waals surface area contributed by atoms with Gasteiger partial charge in [0.2, 0.25) is 0 Å². The molecule has 1 unspecified atom stereocenters. The molecule has 0 spiro atoms. The van der Waals surface area contributed by atoms with Crippen molar-refractivity contribution in [2.24, 2.45) is 0 Å². The van der Waals surface area contributed by atoms with Gasteiger partial charge in [0.15, 0.2) is 0 Å². The van der Waals surface area contributed by atoms with Crippen molar-refractivity contribution in [2.45, 2.75) is 58.3 Å². The Morgan fingerprint density at radius 1 is 1.09 bits per heavy atom.